The fraction of sp³-hybridized carbons (Fsp3) is 0. The maximum atomic E-state index is 6.75. The molecule has 0 atom stereocenters. The van der Waals surface area contributed by atoms with Crippen LogP contribution in [0.4, 0.5) is 0 Å². The molecule has 0 fully saturated rings. The van der Waals surface area contributed by atoms with E-state index in [4.69, 9.17) is 14.4 Å². The fourth-order valence-corrected chi connectivity index (χ4v) is 10.8. The van der Waals surface area contributed by atoms with E-state index in [9.17, 15) is 0 Å². The molecule has 4 aromatic heterocycles. The molecular formula is C50H28N2OS2. The SMILES string of the molecule is c1cc(-c2ccc3oc4c(-c5cccc6ccccc56)nc(-c5cccc6c5sc5ccccc56)nc4c3c2)cc(-c2cccc3c2sc2ccccc23)c1. The Hall–Kier alpha value is -6.66. The van der Waals surface area contributed by atoms with Crippen LogP contribution in [0.1, 0.15) is 0 Å². The third-order valence-corrected chi connectivity index (χ3v) is 13.4. The number of nitrogens with zero attached hydrogens (tertiary/aromatic N) is 2. The lowest BCUT2D eigenvalue weighted by molar-refractivity contribution is 0.667. The van der Waals surface area contributed by atoms with Gasteiger partial charge < -0.3 is 4.42 Å². The molecule has 0 amide bonds. The summed E-state index contributed by atoms with van der Waals surface area (Å²) in [4.78, 5) is 10.8. The van der Waals surface area contributed by atoms with Crippen molar-refractivity contribution >= 4 is 95.9 Å². The molecule has 256 valence electrons. The Balaban J connectivity index is 1.08. The van der Waals surface area contributed by atoms with Crippen molar-refractivity contribution in [3.8, 4) is 44.9 Å². The Morgan fingerprint density at radius 1 is 0.400 bits per heavy atom. The highest BCUT2D eigenvalue weighted by molar-refractivity contribution is 7.26. The molecule has 12 aromatic rings. The van der Waals surface area contributed by atoms with Gasteiger partial charge in [-0.15, -0.1) is 22.7 Å². The summed E-state index contributed by atoms with van der Waals surface area (Å²) in [5.74, 6) is 0.694. The standard InChI is InChI=1S/C50H28N2OS2/c1-2-15-33-29(11-1)12-8-19-37(33)45-47-46(52-50(51-45)40-22-10-21-39-36-17-4-6-24-44(36)55-49(39)40)41-28-31(25-26-42(41)53-47)30-13-7-14-32(27-30)34-18-9-20-38-35-16-3-5-23-43(35)54-48(34)38/h1-28H. The first-order valence-electron chi connectivity index (χ1n) is 18.4. The second-order valence-corrected chi connectivity index (χ2v) is 16.2. The monoisotopic (exact) mass is 736 g/mol. The molecule has 55 heavy (non-hydrogen) atoms. The highest BCUT2D eigenvalue weighted by Gasteiger charge is 2.22. The van der Waals surface area contributed by atoms with Crippen LogP contribution in [-0.4, -0.2) is 9.97 Å². The van der Waals surface area contributed by atoms with Crippen LogP contribution in [0.15, 0.2) is 174 Å². The zero-order chi connectivity index (χ0) is 36.0. The van der Waals surface area contributed by atoms with Crippen molar-refractivity contribution in [3.05, 3.63) is 170 Å². The zero-order valence-electron chi connectivity index (χ0n) is 29.3. The summed E-state index contributed by atoms with van der Waals surface area (Å²) in [6, 6.07) is 60.7. The van der Waals surface area contributed by atoms with Crippen molar-refractivity contribution in [2.45, 2.75) is 0 Å². The molecule has 0 unspecified atom stereocenters. The normalized spacial score (nSPS) is 12.0. The number of benzene rings is 8. The number of furan rings is 1. The molecule has 8 aromatic carbocycles. The van der Waals surface area contributed by atoms with Crippen molar-refractivity contribution < 1.29 is 4.42 Å². The average molecular weight is 737 g/mol. The number of fused-ring (bicyclic) bond motifs is 10. The van der Waals surface area contributed by atoms with Gasteiger partial charge in [0.25, 0.3) is 0 Å². The number of hydrogen-bond donors (Lipinski definition) is 0. The van der Waals surface area contributed by atoms with Gasteiger partial charge in [-0.1, -0.05) is 133 Å². The lowest BCUT2D eigenvalue weighted by atomic mass is 9.97. The van der Waals surface area contributed by atoms with E-state index in [2.05, 4.69) is 170 Å². The Labute approximate surface area is 323 Å². The molecule has 0 N–H and O–H groups in total. The summed E-state index contributed by atoms with van der Waals surface area (Å²) in [6.45, 7) is 0. The number of rotatable bonds is 4. The third kappa shape index (κ3) is 4.74. The second-order valence-electron chi connectivity index (χ2n) is 14.1. The molecule has 0 saturated carbocycles. The third-order valence-electron chi connectivity index (χ3n) is 10.9. The molecule has 3 nitrogen and oxygen atoms in total. The summed E-state index contributed by atoms with van der Waals surface area (Å²) < 4.78 is 11.8. The molecule has 0 spiro atoms. The Morgan fingerprint density at radius 2 is 0.982 bits per heavy atom. The molecule has 0 saturated heterocycles. The molecule has 5 heteroatoms. The second kappa shape index (κ2) is 11.9. The van der Waals surface area contributed by atoms with E-state index in [1.54, 1.807) is 11.3 Å². The highest BCUT2D eigenvalue weighted by atomic mass is 32.1. The summed E-state index contributed by atoms with van der Waals surface area (Å²) >= 11 is 3.66. The first kappa shape index (κ1) is 30.8. The van der Waals surface area contributed by atoms with Crippen LogP contribution in [0, 0.1) is 0 Å². The van der Waals surface area contributed by atoms with Crippen LogP contribution in [0.25, 0.3) is 118 Å². The van der Waals surface area contributed by atoms with Gasteiger partial charge in [0.05, 0.1) is 0 Å². The van der Waals surface area contributed by atoms with Gasteiger partial charge in [0.1, 0.15) is 16.8 Å². The molecule has 12 rings (SSSR count). The molecular weight excluding hydrogens is 709 g/mol. The van der Waals surface area contributed by atoms with E-state index in [1.807, 2.05) is 11.3 Å². The Kier molecular flexibility index (Phi) is 6.67. The maximum Gasteiger partial charge on any atom is 0.180 e. The van der Waals surface area contributed by atoms with Gasteiger partial charge in [0, 0.05) is 56.9 Å². The van der Waals surface area contributed by atoms with Gasteiger partial charge in [-0.3, -0.25) is 0 Å². The van der Waals surface area contributed by atoms with Gasteiger partial charge in [-0.05, 0) is 69.4 Å². The quantitative estimate of drug-likeness (QED) is 0.181. The molecule has 4 heterocycles. The predicted octanol–water partition coefficient (Wildman–Crippen LogP) is 14.9. The van der Waals surface area contributed by atoms with Gasteiger partial charge >= 0.3 is 0 Å². The largest absolute Gasteiger partial charge is 0.452 e. The van der Waals surface area contributed by atoms with E-state index in [-0.39, 0.29) is 0 Å². The van der Waals surface area contributed by atoms with E-state index in [0.29, 0.717) is 11.4 Å². The molecule has 0 bridgehead atoms. The van der Waals surface area contributed by atoms with Crippen molar-refractivity contribution in [1.82, 2.24) is 9.97 Å². The summed E-state index contributed by atoms with van der Waals surface area (Å²) in [7, 11) is 0. The van der Waals surface area contributed by atoms with Gasteiger partial charge in [0.15, 0.2) is 11.4 Å². The van der Waals surface area contributed by atoms with Crippen molar-refractivity contribution in [2.24, 2.45) is 0 Å². The first-order chi connectivity index (χ1) is 27.2. The smallest absolute Gasteiger partial charge is 0.180 e. The number of hydrogen-bond acceptors (Lipinski definition) is 5. The van der Waals surface area contributed by atoms with E-state index in [1.165, 1.54) is 51.5 Å². The zero-order valence-corrected chi connectivity index (χ0v) is 30.9. The van der Waals surface area contributed by atoms with Gasteiger partial charge in [-0.25, -0.2) is 9.97 Å². The summed E-state index contributed by atoms with van der Waals surface area (Å²) in [5.41, 5.74) is 9.85. The lowest BCUT2D eigenvalue weighted by Crippen LogP contribution is -1.94. The van der Waals surface area contributed by atoms with Gasteiger partial charge in [-0.2, -0.15) is 0 Å². The van der Waals surface area contributed by atoms with Crippen LogP contribution in [0.3, 0.4) is 0 Å². The van der Waals surface area contributed by atoms with Crippen LogP contribution in [0.5, 0.6) is 0 Å². The number of aromatic nitrogens is 2. The highest BCUT2D eigenvalue weighted by Crippen LogP contribution is 2.44. The topological polar surface area (TPSA) is 38.9 Å². The Morgan fingerprint density at radius 3 is 1.78 bits per heavy atom. The summed E-state index contributed by atoms with van der Waals surface area (Å²) in [6.07, 6.45) is 0. The molecule has 0 radical (unpaired) electrons. The molecule has 0 aliphatic rings. The number of thiophene rings is 2. The van der Waals surface area contributed by atoms with Crippen molar-refractivity contribution in [2.75, 3.05) is 0 Å². The maximum absolute atomic E-state index is 6.75. The molecule has 0 aliphatic heterocycles. The predicted molar refractivity (Wildman–Crippen MR) is 234 cm³/mol. The van der Waals surface area contributed by atoms with Crippen LogP contribution < -0.4 is 0 Å². The van der Waals surface area contributed by atoms with Crippen LogP contribution in [-0.2, 0) is 0 Å². The van der Waals surface area contributed by atoms with Crippen LogP contribution in [0.2, 0.25) is 0 Å². The molecule has 0 aliphatic carbocycles. The van der Waals surface area contributed by atoms with E-state index < -0.39 is 0 Å². The minimum atomic E-state index is 0.694. The minimum absolute atomic E-state index is 0.694. The first-order valence-corrected chi connectivity index (χ1v) is 20.0. The fourth-order valence-electron chi connectivity index (χ4n) is 8.32. The van der Waals surface area contributed by atoms with Crippen LogP contribution >= 0.6 is 22.7 Å². The Bertz CT molecular complexity index is 3510. The van der Waals surface area contributed by atoms with E-state index >= 15 is 0 Å². The minimum Gasteiger partial charge on any atom is -0.452 e. The van der Waals surface area contributed by atoms with E-state index in [0.717, 1.165) is 55.2 Å². The lowest BCUT2D eigenvalue weighted by Gasteiger charge is -2.10. The average Bonchev–Trinajstić information content (AvgIpc) is 3.94. The van der Waals surface area contributed by atoms with Gasteiger partial charge in [0.2, 0.25) is 0 Å². The van der Waals surface area contributed by atoms with Crippen molar-refractivity contribution in [1.29, 1.82) is 0 Å². The van der Waals surface area contributed by atoms with Crippen molar-refractivity contribution in [3.63, 3.8) is 0 Å². The summed E-state index contributed by atoms with van der Waals surface area (Å²) in [5, 5.41) is 8.34.